The lowest BCUT2D eigenvalue weighted by molar-refractivity contribution is -0.140. The van der Waals surface area contributed by atoms with Crippen molar-refractivity contribution in [3.8, 4) is 0 Å². The van der Waals surface area contributed by atoms with E-state index in [2.05, 4.69) is 0 Å². The molecule has 1 rings (SSSR count). The maximum absolute atomic E-state index is 11.9. The van der Waals surface area contributed by atoms with Gasteiger partial charge in [0.05, 0.1) is 16.7 Å². The average molecular weight is 240 g/mol. The first kappa shape index (κ1) is 12.9. The molecule has 4 heteroatoms. The van der Waals surface area contributed by atoms with Crippen molar-refractivity contribution in [3.05, 3.63) is 29.3 Å². The molecule has 2 unspecified atom stereocenters. The molecule has 0 aliphatic heterocycles. The number of carboxylic acids is 1. The van der Waals surface area contributed by atoms with E-state index >= 15 is 0 Å². The molecule has 0 heterocycles. The van der Waals surface area contributed by atoms with E-state index in [0.717, 1.165) is 16.0 Å². The molecule has 1 N–H and O–H groups in total. The minimum Gasteiger partial charge on any atom is -0.481 e. The van der Waals surface area contributed by atoms with E-state index < -0.39 is 22.7 Å². The zero-order valence-electron chi connectivity index (χ0n) is 9.69. The molecule has 3 nitrogen and oxygen atoms in total. The molecule has 0 saturated carbocycles. The fourth-order valence-corrected chi connectivity index (χ4v) is 2.86. The Hall–Kier alpha value is -1.16. The third-order valence-corrected chi connectivity index (χ3v) is 4.15. The monoisotopic (exact) mass is 240 g/mol. The Morgan fingerprint density at radius 3 is 2.56 bits per heavy atom. The van der Waals surface area contributed by atoms with Gasteiger partial charge in [-0.1, -0.05) is 24.6 Å². The third-order valence-electron chi connectivity index (χ3n) is 2.40. The van der Waals surface area contributed by atoms with Crippen molar-refractivity contribution >= 4 is 16.8 Å². The zero-order chi connectivity index (χ0) is 12.3. The zero-order valence-corrected chi connectivity index (χ0v) is 10.5. The summed E-state index contributed by atoms with van der Waals surface area (Å²) in [6.07, 6.45) is 0. The molecular weight excluding hydrogens is 224 g/mol. The number of aryl methyl sites for hydroxylation is 2. The van der Waals surface area contributed by atoms with Gasteiger partial charge >= 0.3 is 5.97 Å². The third kappa shape index (κ3) is 3.17. The molecular formula is C12H16O3S. The van der Waals surface area contributed by atoms with E-state index in [0.29, 0.717) is 0 Å². The largest absolute Gasteiger partial charge is 0.481 e. The highest BCUT2D eigenvalue weighted by Crippen LogP contribution is 2.16. The quantitative estimate of drug-likeness (QED) is 0.877. The summed E-state index contributed by atoms with van der Waals surface area (Å²) in [6.45, 7) is 5.44. The summed E-state index contributed by atoms with van der Waals surface area (Å²) in [5, 5.41) is 8.76. The van der Waals surface area contributed by atoms with Crippen LogP contribution in [-0.2, 0) is 15.6 Å². The van der Waals surface area contributed by atoms with Crippen LogP contribution in [0.1, 0.15) is 18.1 Å². The van der Waals surface area contributed by atoms with Crippen LogP contribution in [0.4, 0.5) is 0 Å². The maximum Gasteiger partial charge on any atom is 0.307 e. The second-order valence-corrected chi connectivity index (χ2v) is 5.48. The summed E-state index contributed by atoms with van der Waals surface area (Å²) in [6, 6.07) is 5.67. The van der Waals surface area contributed by atoms with Gasteiger partial charge in [0, 0.05) is 10.6 Å². The first-order valence-corrected chi connectivity index (χ1v) is 6.42. The van der Waals surface area contributed by atoms with E-state index in [4.69, 9.17) is 5.11 Å². The van der Waals surface area contributed by atoms with Gasteiger partial charge in [0.2, 0.25) is 0 Å². The number of hydrogen-bond acceptors (Lipinski definition) is 2. The molecule has 0 bridgehead atoms. The van der Waals surface area contributed by atoms with Gasteiger partial charge < -0.3 is 5.11 Å². The molecule has 88 valence electrons. The molecule has 0 fully saturated rings. The highest BCUT2D eigenvalue weighted by Gasteiger charge is 2.16. The lowest BCUT2D eigenvalue weighted by Gasteiger charge is -2.09. The van der Waals surface area contributed by atoms with Crippen molar-refractivity contribution in [2.45, 2.75) is 25.7 Å². The molecule has 0 aromatic heterocycles. The lowest BCUT2D eigenvalue weighted by atomic mass is 10.2. The molecule has 1 aromatic rings. The molecule has 0 aliphatic carbocycles. The van der Waals surface area contributed by atoms with Crippen molar-refractivity contribution in [1.82, 2.24) is 0 Å². The topological polar surface area (TPSA) is 54.4 Å². The number of carbonyl (C=O) groups is 1. The van der Waals surface area contributed by atoms with Crippen molar-refractivity contribution in [1.29, 1.82) is 0 Å². The van der Waals surface area contributed by atoms with Gasteiger partial charge in [-0.05, 0) is 25.5 Å². The van der Waals surface area contributed by atoms with Crippen LogP contribution >= 0.6 is 0 Å². The van der Waals surface area contributed by atoms with Gasteiger partial charge in [-0.2, -0.15) is 0 Å². The van der Waals surface area contributed by atoms with Gasteiger partial charge in [-0.3, -0.25) is 9.00 Å². The number of carboxylic acid groups (broad SMARTS) is 1. The Bertz CT molecular complexity index is 426. The van der Waals surface area contributed by atoms with Crippen LogP contribution in [0.15, 0.2) is 23.1 Å². The van der Waals surface area contributed by atoms with Crippen LogP contribution in [0.2, 0.25) is 0 Å². The fraction of sp³-hybridized carbons (Fsp3) is 0.417. The molecule has 2 atom stereocenters. The highest BCUT2D eigenvalue weighted by molar-refractivity contribution is 7.85. The Kier molecular flexibility index (Phi) is 4.24. The summed E-state index contributed by atoms with van der Waals surface area (Å²) in [5.41, 5.74) is 2.07. The van der Waals surface area contributed by atoms with Crippen molar-refractivity contribution in [2.24, 2.45) is 5.92 Å². The Morgan fingerprint density at radius 1 is 1.44 bits per heavy atom. The number of hydrogen-bond donors (Lipinski definition) is 1. The fourth-order valence-electron chi connectivity index (χ4n) is 1.44. The van der Waals surface area contributed by atoms with Crippen molar-refractivity contribution < 1.29 is 14.1 Å². The summed E-state index contributed by atoms with van der Waals surface area (Å²) >= 11 is 0. The van der Waals surface area contributed by atoms with E-state index in [1.54, 1.807) is 6.92 Å². The molecule has 1 aromatic carbocycles. The standard InChI is InChI=1S/C12H16O3S/c1-8-4-5-11(9(2)6-8)16(15)7-10(3)12(13)14/h4-6,10H,7H2,1-3H3,(H,13,14). The SMILES string of the molecule is Cc1ccc(S(=O)CC(C)C(=O)O)c(C)c1. The Labute approximate surface area is 98.0 Å². The van der Waals surface area contributed by atoms with Crippen LogP contribution in [0.5, 0.6) is 0 Å². The summed E-state index contributed by atoms with van der Waals surface area (Å²) in [4.78, 5) is 11.4. The van der Waals surface area contributed by atoms with Crippen LogP contribution in [0.25, 0.3) is 0 Å². The van der Waals surface area contributed by atoms with Gasteiger partial charge in [-0.25, -0.2) is 0 Å². The molecule has 0 spiro atoms. The summed E-state index contributed by atoms with van der Waals surface area (Å²) in [5.74, 6) is -1.32. The molecule has 0 aliphatic rings. The lowest BCUT2D eigenvalue weighted by Crippen LogP contribution is -2.17. The average Bonchev–Trinajstić information content (AvgIpc) is 2.16. The predicted molar refractivity (Wildman–Crippen MR) is 64.0 cm³/mol. The molecule has 0 amide bonds. The van der Waals surface area contributed by atoms with Crippen LogP contribution in [0, 0.1) is 19.8 Å². The predicted octanol–water partition coefficient (Wildman–Crippen LogP) is 2.13. The maximum atomic E-state index is 11.9. The first-order valence-electron chi connectivity index (χ1n) is 5.10. The van der Waals surface area contributed by atoms with Crippen LogP contribution < -0.4 is 0 Å². The van der Waals surface area contributed by atoms with E-state index in [9.17, 15) is 9.00 Å². The molecule has 16 heavy (non-hydrogen) atoms. The first-order chi connectivity index (χ1) is 7.41. The summed E-state index contributed by atoms with van der Waals surface area (Å²) < 4.78 is 11.9. The van der Waals surface area contributed by atoms with Crippen LogP contribution in [-0.4, -0.2) is 21.0 Å². The number of aliphatic carboxylic acids is 1. The molecule has 0 radical (unpaired) electrons. The normalized spacial score (nSPS) is 14.4. The van der Waals surface area contributed by atoms with E-state index in [1.165, 1.54) is 0 Å². The highest BCUT2D eigenvalue weighted by atomic mass is 32.2. The summed E-state index contributed by atoms with van der Waals surface area (Å²) in [7, 11) is -1.23. The smallest absolute Gasteiger partial charge is 0.307 e. The molecule has 0 saturated heterocycles. The van der Waals surface area contributed by atoms with Crippen molar-refractivity contribution in [3.63, 3.8) is 0 Å². The van der Waals surface area contributed by atoms with Gasteiger partial charge in [-0.15, -0.1) is 0 Å². The Morgan fingerprint density at radius 2 is 2.06 bits per heavy atom. The van der Waals surface area contributed by atoms with E-state index in [-0.39, 0.29) is 5.75 Å². The second kappa shape index (κ2) is 5.25. The van der Waals surface area contributed by atoms with Gasteiger partial charge in [0.15, 0.2) is 0 Å². The minimum atomic E-state index is -1.23. The number of benzene rings is 1. The van der Waals surface area contributed by atoms with Gasteiger partial charge in [0.25, 0.3) is 0 Å². The van der Waals surface area contributed by atoms with Gasteiger partial charge in [0.1, 0.15) is 0 Å². The Balaban J connectivity index is 2.85. The second-order valence-electron chi connectivity index (χ2n) is 4.02. The van der Waals surface area contributed by atoms with Crippen molar-refractivity contribution in [2.75, 3.05) is 5.75 Å². The minimum absolute atomic E-state index is 0.166. The number of rotatable bonds is 4. The van der Waals surface area contributed by atoms with Crippen LogP contribution in [0.3, 0.4) is 0 Å². The van der Waals surface area contributed by atoms with E-state index in [1.807, 2.05) is 32.0 Å².